The van der Waals surface area contributed by atoms with Crippen LogP contribution in [-0.4, -0.2) is 16.7 Å². The highest BCUT2D eigenvalue weighted by Crippen LogP contribution is 2.27. The number of amides is 1. The van der Waals surface area contributed by atoms with Crippen LogP contribution < -0.4 is 10.1 Å². The van der Waals surface area contributed by atoms with Crippen molar-refractivity contribution in [2.45, 2.75) is 6.36 Å². The van der Waals surface area contributed by atoms with E-state index < -0.39 is 17.6 Å². The third kappa shape index (κ3) is 4.03. The fourth-order valence-electron chi connectivity index (χ4n) is 0.783. The molecule has 0 aliphatic heterocycles. The molecule has 0 spiro atoms. The van der Waals surface area contributed by atoms with Crippen LogP contribution in [0.1, 0.15) is 0 Å². The first-order chi connectivity index (χ1) is 6.88. The molecule has 1 aromatic heterocycles. The maximum absolute atomic E-state index is 11.9. The van der Waals surface area contributed by atoms with Crippen LogP contribution in [0.2, 0.25) is 0 Å². The Morgan fingerprint density at radius 1 is 1.53 bits per heavy atom. The Bertz CT molecular complexity index is 369. The Morgan fingerprint density at radius 2 is 2.20 bits per heavy atom. The Hall–Kier alpha value is -1.50. The normalized spacial score (nSPS) is 10.9. The Balaban J connectivity index is 2.91. The highest BCUT2D eigenvalue weighted by Gasteiger charge is 2.33. The molecular weight excluding hydrogens is 237 g/mol. The van der Waals surface area contributed by atoms with Crippen molar-refractivity contribution in [1.82, 2.24) is 4.98 Å². The summed E-state index contributed by atoms with van der Waals surface area (Å²) in [4.78, 5) is 13.7. The number of ether oxygens (including phenoxy) is 1. The summed E-state index contributed by atoms with van der Waals surface area (Å²) >= 11 is 4.94. The minimum absolute atomic E-state index is 0.255. The van der Waals surface area contributed by atoms with Gasteiger partial charge in [-0.15, -0.1) is 13.2 Å². The highest BCUT2D eigenvalue weighted by atomic mass is 35.5. The number of aromatic nitrogens is 1. The van der Waals surface area contributed by atoms with Crippen molar-refractivity contribution in [2.75, 3.05) is 5.32 Å². The van der Waals surface area contributed by atoms with Crippen LogP contribution in [0.25, 0.3) is 0 Å². The first kappa shape index (κ1) is 11.6. The molecule has 0 fully saturated rings. The summed E-state index contributed by atoms with van der Waals surface area (Å²) in [6.45, 7) is 0. The molecule has 0 radical (unpaired) electrons. The number of halogens is 4. The molecule has 0 aromatic carbocycles. The zero-order chi connectivity index (χ0) is 11.5. The molecule has 1 N–H and O–H groups in total. The summed E-state index contributed by atoms with van der Waals surface area (Å²) in [5, 5.41) is 0.903. The van der Waals surface area contributed by atoms with Crippen LogP contribution in [0.15, 0.2) is 18.3 Å². The summed E-state index contributed by atoms with van der Waals surface area (Å²) in [6, 6.07) is 2.50. The van der Waals surface area contributed by atoms with Gasteiger partial charge in [0.25, 0.3) is 0 Å². The van der Waals surface area contributed by atoms with Crippen molar-refractivity contribution < 1.29 is 22.7 Å². The number of nitrogens with zero attached hydrogens (tertiary/aromatic N) is 1. The molecule has 8 heteroatoms. The summed E-state index contributed by atoms with van der Waals surface area (Å²) in [5.74, 6) is -0.765. The topological polar surface area (TPSA) is 51.2 Å². The maximum atomic E-state index is 11.9. The molecule has 0 atom stereocenters. The van der Waals surface area contributed by atoms with E-state index in [9.17, 15) is 18.0 Å². The molecule has 82 valence electrons. The lowest BCUT2D eigenvalue weighted by molar-refractivity contribution is -0.275. The number of carbonyl (C=O) groups is 1. The van der Waals surface area contributed by atoms with Gasteiger partial charge in [-0.05, 0) is 23.7 Å². The number of hydrogen-bond acceptors (Lipinski definition) is 3. The minimum atomic E-state index is -4.87. The maximum Gasteiger partial charge on any atom is 0.574 e. The second-order valence-electron chi connectivity index (χ2n) is 2.30. The number of alkyl halides is 3. The third-order valence-electron chi connectivity index (χ3n) is 1.22. The molecule has 1 rings (SSSR count). The predicted octanol–water partition coefficient (Wildman–Crippen LogP) is 2.75. The number of hydrogen-bond donors (Lipinski definition) is 1. The average molecular weight is 241 g/mol. The van der Waals surface area contributed by atoms with Gasteiger partial charge < -0.3 is 10.1 Å². The summed E-state index contributed by atoms with van der Waals surface area (Å²) < 4.78 is 39.1. The van der Waals surface area contributed by atoms with E-state index in [1.165, 1.54) is 12.1 Å². The second-order valence-corrected chi connectivity index (χ2v) is 2.65. The highest BCUT2D eigenvalue weighted by molar-refractivity contribution is 6.65. The van der Waals surface area contributed by atoms with E-state index >= 15 is 0 Å². The van der Waals surface area contributed by atoms with Crippen LogP contribution in [0.3, 0.4) is 0 Å². The SMILES string of the molecule is O=C(Cl)Nc1cccnc1OC(F)(F)F. The van der Waals surface area contributed by atoms with Crippen LogP contribution in [0.4, 0.5) is 23.7 Å². The zero-order valence-corrected chi connectivity index (χ0v) is 7.76. The van der Waals surface area contributed by atoms with Crippen molar-refractivity contribution in [3.05, 3.63) is 18.3 Å². The molecule has 1 heterocycles. The fraction of sp³-hybridized carbons (Fsp3) is 0.143. The van der Waals surface area contributed by atoms with Crippen molar-refractivity contribution in [1.29, 1.82) is 0 Å². The number of carbonyl (C=O) groups excluding carboxylic acids is 1. The van der Waals surface area contributed by atoms with Gasteiger partial charge in [-0.25, -0.2) is 4.98 Å². The van der Waals surface area contributed by atoms with Gasteiger partial charge in [-0.3, -0.25) is 4.79 Å². The summed E-state index contributed by atoms with van der Waals surface area (Å²) in [6.07, 6.45) is -3.79. The molecule has 1 aromatic rings. The van der Waals surface area contributed by atoms with E-state index in [4.69, 9.17) is 11.6 Å². The molecule has 0 aliphatic carbocycles. The fourth-order valence-corrected chi connectivity index (χ4v) is 0.885. The number of rotatable bonds is 2. The molecule has 4 nitrogen and oxygen atoms in total. The van der Waals surface area contributed by atoms with Gasteiger partial charge in [-0.1, -0.05) is 0 Å². The number of nitrogens with one attached hydrogen (secondary N) is 1. The van der Waals surface area contributed by atoms with Gasteiger partial charge in [0.2, 0.25) is 5.88 Å². The third-order valence-corrected chi connectivity index (χ3v) is 1.31. The lowest BCUT2D eigenvalue weighted by Crippen LogP contribution is -2.19. The van der Waals surface area contributed by atoms with E-state index in [1.54, 1.807) is 0 Å². The summed E-state index contributed by atoms with van der Waals surface area (Å²) in [7, 11) is 0. The van der Waals surface area contributed by atoms with Crippen molar-refractivity contribution in [2.24, 2.45) is 0 Å². The van der Waals surface area contributed by atoms with Gasteiger partial charge in [0, 0.05) is 6.20 Å². The Morgan fingerprint density at radius 3 is 2.73 bits per heavy atom. The largest absolute Gasteiger partial charge is 0.574 e. The molecule has 0 saturated heterocycles. The van der Waals surface area contributed by atoms with Crippen LogP contribution in [-0.2, 0) is 0 Å². The first-order valence-corrected chi connectivity index (χ1v) is 3.93. The van der Waals surface area contributed by atoms with Gasteiger partial charge in [0.05, 0.1) is 0 Å². The molecule has 0 unspecified atom stereocenters. The predicted molar refractivity (Wildman–Crippen MR) is 45.8 cm³/mol. The second kappa shape index (κ2) is 4.35. The Labute approximate surface area is 87.0 Å². The molecule has 1 amide bonds. The van der Waals surface area contributed by atoms with Crippen molar-refractivity contribution in [3.63, 3.8) is 0 Å². The molecular formula is C7H4ClF3N2O2. The van der Waals surface area contributed by atoms with E-state index in [2.05, 4.69) is 9.72 Å². The van der Waals surface area contributed by atoms with E-state index in [0.29, 0.717) is 0 Å². The van der Waals surface area contributed by atoms with E-state index in [1.807, 2.05) is 5.32 Å². The van der Waals surface area contributed by atoms with Crippen molar-refractivity contribution >= 4 is 22.7 Å². The van der Waals surface area contributed by atoms with Gasteiger partial charge in [0.1, 0.15) is 5.69 Å². The molecule has 15 heavy (non-hydrogen) atoms. The quantitative estimate of drug-likeness (QED) is 0.639. The van der Waals surface area contributed by atoms with Gasteiger partial charge >= 0.3 is 11.7 Å². The smallest absolute Gasteiger partial charge is 0.386 e. The zero-order valence-electron chi connectivity index (χ0n) is 7.01. The van der Waals surface area contributed by atoms with Gasteiger partial charge in [-0.2, -0.15) is 0 Å². The van der Waals surface area contributed by atoms with Crippen LogP contribution in [0.5, 0.6) is 5.88 Å². The average Bonchev–Trinajstić information content (AvgIpc) is 2.05. The first-order valence-electron chi connectivity index (χ1n) is 3.56. The van der Waals surface area contributed by atoms with Crippen LogP contribution in [0, 0.1) is 0 Å². The van der Waals surface area contributed by atoms with Gasteiger partial charge in [0.15, 0.2) is 0 Å². The van der Waals surface area contributed by atoms with E-state index in [-0.39, 0.29) is 5.69 Å². The lowest BCUT2D eigenvalue weighted by Gasteiger charge is -2.10. The molecule has 0 bridgehead atoms. The van der Waals surface area contributed by atoms with Crippen LogP contribution >= 0.6 is 11.6 Å². The monoisotopic (exact) mass is 240 g/mol. The number of anilines is 1. The summed E-state index contributed by atoms with van der Waals surface area (Å²) in [5.41, 5.74) is -0.255. The minimum Gasteiger partial charge on any atom is -0.386 e. The van der Waals surface area contributed by atoms with E-state index in [0.717, 1.165) is 6.20 Å². The van der Waals surface area contributed by atoms with Crippen molar-refractivity contribution in [3.8, 4) is 5.88 Å². The Kier molecular flexibility index (Phi) is 3.35. The standard InChI is InChI=1S/C7H4ClF3N2O2/c8-6(14)13-4-2-1-3-12-5(4)15-7(9,10)11/h1-3H,(H,13,14). The number of pyridine rings is 1. The molecule has 0 aliphatic rings. The lowest BCUT2D eigenvalue weighted by atomic mass is 10.4. The molecule has 0 saturated carbocycles.